The van der Waals surface area contributed by atoms with Gasteiger partial charge in [-0.2, -0.15) is 5.10 Å². The van der Waals surface area contributed by atoms with E-state index in [0.29, 0.717) is 36.5 Å². The smallest absolute Gasteiger partial charge is 0.293 e. The molecule has 0 amide bonds. The van der Waals surface area contributed by atoms with Crippen LogP contribution in [0.5, 0.6) is 11.5 Å². The van der Waals surface area contributed by atoms with Crippen LogP contribution in [0.25, 0.3) is 10.8 Å². The lowest BCUT2D eigenvalue weighted by atomic mass is 10.2. The highest BCUT2D eigenvalue weighted by Crippen LogP contribution is 2.30. The molecule has 120 valence electrons. The third-order valence-corrected chi connectivity index (χ3v) is 2.89. The minimum Gasteiger partial charge on any atom is -0.493 e. The normalized spacial score (nSPS) is 9.64. The molecule has 0 atom stereocenters. The molecule has 0 unspecified atom stereocenters. The monoisotopic (exact) mass is 308 g/mol. The molecule has 7 heteroatoms. The second kappa shape index (κ2) is 8.66. The average Bonchev–Trinajstić information content (AvgIpc) is 2.55. The maximum Gasteiger partial charge on any atom is 0.293 e. The summed E-state index contributed by atoms with van der Waals surface area (Å²) in [4.78, 5) is 21.2. The molecule has 0 fully saturated rings. The van der Waals surface area contributed by atoms with Gasteiger partial charge in [-0.1, -0.05) is 0 Å². The largest absolute Gasteiger partial charge is 0.493 e. The van der Waals surface area contributed by atoms with Crippen LogP contribution >= 0.6 is 0 Å². The van der Waals surface area contributed by atoms with Gasteiger partial charge in [0.2, 0.25) is 0 Å². The highest BCUT2D eigenvalue weighted by atomic mass is 16.5. The molecule has 1 aromatic carbocycles. The number of rotatable bonds is 5. The molecular formula is C15H20N2O5. The Labute approximate surface area is 128 Å². The number of ether oxygens (including phenoxy) is 3. The number of carbonyl (C=O) groups excluding carboxylic acids is 1. The van der Waals surface area contributed by atoms with Gasteiger partial charge < -0.3 is 14.2 Å². The Hall–Kier alpha value is -2.57. The van der Waals surface area contributed by atoms with Crippen molar-refractivity contribution in [2.24, 2.45) is 0 Å². The molecule has 0 bridgehead atoms. The van der Waals surface area contributed by atoms with Gasteiger partial charge in [0.05, 0.1) is 32.4 Å². The molecule has 1 aromatic heterocycles. The van der Waals surface area contributed by atoms with Crippen molar-refractivity contribution in [1.29, 1.82) is 0 Å². The summed E-state index contributed by atoms with van der Waals surface area (Å²) in [5, 5.41) is 5.39. The van der Waals surface area contributed by atoms with Gasteiger partial charge in [-0.05, 0) is 26.0 Å². The van der Waals surface area contributed by atoms with Crippen LogP contribution in [-0.2, 0) is 16.1 Å². The zero-order valence-electron chi connectivity index (χ0n) is 13.2. The van der Waals surface area contributed by atoms with Crippen LogP contribution < -0.4 is 15.0 Å². The number of hydrogen-bond acceptors (Lipinski definition) is 6. The van der Waals surface area contributed by atoms with Crippen LogP contribution in [0.2, 0.25) is 0 Å². The van der Waals surface area contributed by atoms with Gasteiger partial charge >= 0.3 is 0 Å². The Morgan fingerprint density at radius 2 is 1.82 bits per heavy atom. The van der Waals surface area contributed by atoms with Crippen molar-refractivity contribution >= 4 is 17.2 Å². The first-order valence-corrected chi connectivity index (χ1v) is 6.79. The maximum atomic E-state index is 12.0. The number of carbonyl (C=O) groups is 1. The van der Waals surface area contributed by atoms with E-state index < -0.39 is 0 Å². The molecule has 22 heavy (non-hydrogen) atoms. The Balaban J connectivity index is 0.000000422. The van der Waals surface area contributed by atoms with Crippen LogP contribution in [0.15, 0.2) is 23.1 Å². The first-order chi connectivity index (χ1) is 10.6. The number of aryl methyl sites for hydroxylation is 1. The van der Waals surface area contributed by atoms with Crippen LogP contribution in [0.4, 0.5) is 0 Å². The van der Waals surface area contributed by atoms with E-state index in [-0.39, 0.29) is 5.56 Å². The van der Waals surface area contributed by atoms with E-state index in [1.807, 2.05) is 6.92 Å². The van der Waals surface area contributed by atoms with Gasteiger partial charge in [0.25, 0.3) is 12.0 Å². The van der Waals surface area contributed by atoms with Gasteiger partial charge in [-0.15, -0.1) is 0 Å². The second-order valence-corrected chi connectivity index (χ2v) is 4.11. The van der Waals surface area contributed by atoms with E-state index in [4.69, 9.17) is 9.47 Å². The molecule has 0 aliphatic rings. The van der Waals surface area contributed by atoms with E-state index in [0.717, 1.165) is 5.39 Å². The summed E-state index contributed by atoms with van der Waals surface area (Å²) in [5.74, 6) is 1.14. The second-order valence-electron chi connectivity index (χ2n) is 4.11. The topological polar surface area (TPSA) is 79.7 Å². The Kier molecular flexibility index (Phi) is 6.88. The molecule has 2 rings (SSSR count). The van der Waals surface area contributed by atoms with E-state index in [1.165, 1.54) is 4.68 Å². The molecule has 1 heterocycles. The highest BCUT2D eigenvalue weighted by Gasteiger charge is 2.09. The van der Waals surface area contributed by atoms with E-state index in [1.54, 1.807) is 39.5 Å². The van der Waals surface area contributed by atoms with Crippen LogP contribution in [-0.4, -0.2) is 37.1 Å². The SMILES string of the molecule is CCOC=O.CCn1ncc2cc(OC)c(OC)cc2c1=O. The van der Waals surface area contributed by atoms with Crippen molar-refractivity contribution in [2.45, 2.75) is 20.4 Å². The minimum absolute atomic E-state index is 0.119. The maximum absolute atomic E-state index is 12.0. The van der Waals surface area contributed by atoms with Gasteiger partial charge in [0, 0.05) is 11.9 Å². The molecule has 0 N–H and O–H groups in total. The summed E-state index contributed by atoms with van der Waals surface area (Å²) in [6.07, 6.45) is 1.65. The molecule has 0 spiro atoms. The summed E-state index contributed by atoms with van der Waals surface area (Å²) in [6, 6.07) is 3.44. The molecule has 0 aliphatic carbocycles. The molecule has 0 saturated heterocycles. The number of benzene rings is 1. The van der Waals surface area contributed by atoms with E-state index >= 15 is 0 Å². The summed E-state index contributed by atoms with van der Waals surface area (Å²) in [7, 11) is 3.10. The number of hydrogen-bond donors (Lipinski definition) is 0. The first kappa shape index (κ1) is 17.5. The van der Waals surface area contributed by atoms with Crippen molar-refractivity contribution < 1.29 is 19.0 Å². The fourth-order valence-corrected chi connectivity index (χ4v) is 1.80. The average molecular weight is 308 g/mol. The highest BCUT2D eigenvalue weighted by molar-refractivity contribution is 5.84. The Morgan fingerprint density at radius 3 is 2.27 bits per heavy atom. The van der Waals surface area contributed by atoms with Crippen LogP contribution in [0.1, 0.15) is 13.8 Å². The zero-order valence-corrected chi connectivity index (χ0v) is 13.2. The molecule has 0 saturated carbocycles. The van der Waals surface area contributed by atoms with Crippen LogP contribution in [0, 0.1) is 0 Å². The molecule has 2 aromatic rings. The van der Waals surface area contributed by atoms with Gasteiger partial charge in [0.1, 0.15) is 0 Å². The summed E-state index contributed by atoms with van der Waals surface area (Å²) in [6.45, 7) is 5.09. The zero-order chi connectivity index (χ0) is 16.5. The minimum atomic E-state index is -0.119. The Morgan fingerprint density at radius 1 is 1.18 bits per heavy atom. The molecule has 7 nitrogen and oxygen atoms in total. The summed E-state index contributed by atoms with van der Waals surface area (Å²) < 4.78 is 15.9. The van der Waals surface area contributed by atoms with Gasteiger partial charge in [0.15, 0.2) is 11.5 Å². The van der Waals surface area contributed by atoms with E-state index in [9.17, 15) is 9.59 Å². The predicted octanol–water partition coefficient (Wildman–Crippen LogP) is 1.61. The van der Waals surface area contributed by atoms with Crippen molar-refractivity contribution in [1.82, 2.24) is 9.78 Å². The number of aromatic nitrogens is 2. The summed E-state index contributed by atoms with van der Waals surface area (Å²) in [5.41, 5.74) is -0.119. The lowest BCUT2D eigenvalue weighted by Gasteiger charge is -2.09. The van der Waals surface area contributed by atoms with Crippen molar-refractivity contribution in [2.75, 3.05) is 20.8 Å². The van der Waals surface area contributed by atoms with Gasteiger partial charge in [-0.3, -0.25) is 9.59 Å². The fraction of sp³-hybridized carbons (Fsp3) is 0.400. The van der Waals surface area contributed by atoms with Gasteiger partial charge in [-0.25, -0.2) is 4.68 Å². The molecule has 0 radical (unpaired) electrons. The van der Waals surface area contributed by atoms with Crippen molar-refractivity contribution in [3.05, 3.63) is 28.7 Å². The molecule has 0 aliphatic heterocycles. The standard InChI is InChI=1S/C12H14N2O3.C3H6O2/c1-4-14-12(15)9-6-11(17-3)10(16-2)5-8(9)7-13-14;1-2-5-3-4/h5-7H,4H2,1-3H3;3H,2H2,1H3. The Bertz CT molecular complexity index is 681. The first-order valence-electron chi connectivity index (χ1n) is 6.79. The van der Waals surface area contributed by atoms with Crippen molar-refractivity contribution in [3.8, 4) is 11.5 Å². The third-order valence-electron chi connectivity index (χ3n) is 2.89. The third kappa shape index (κ3) is 3.97. The lowest BCUT2D eigenvalue weighted by Crippen LogP contribution is -2.21. The van der Waals surface area contributed by atoms with E-state index in [2.05, 4.69) is 9.84 Å². The lowest BCUT2D eigenvalue weighted by molar-refractivity contribution is -0.128. The van der Waals surface area contributed by atoms with Crippen molar-refractivity contribution in [3.63, 3.8) is 0 Å². The quantitative estimate of drug-likeness (QED) is 0.781. The number of methoxy groups -OCH3 is 2. The summed E-state index contributed by atoms with van der Waals surface area (Å²) >= 11 is 0. The predicted molar refractivity (Wildman–Crippen MR) is 82.5 cm³/mol. The number of nitrogens with zero attached hydrogens (tertiary/aromatic N) is 2. The fourth-order valence-electron chi connectivity index (χ4n) is 1.80. The molecular weight excluding hydrogens is 288 g/mol. The van der Waals surface area contributed by atoms with Crippen LogP contribution in [0.3, 0.4) is 0 Å². The number of fused-ring (bicyclic) bond motifs is 1.